The lowest BCUT2D eigenvalue weighted by Crippen LogP contribution is -2.31. The van der Waals surface area contributed by atoms with E-state index in [4.69, 9.17) is 18.9 Å². The van der Waals surface area contributed by atoms with Gasteiger partial charge in [0.25, 0.3) is 0 Å². The van der Waals surface area contributed by atoms with Gasteiger partial charge in [-0.25, -0.2) is 4.79 Å². The molecule has 1 aromatic carbocycles. The van der Waals surface area contributed by atoms with Gasteiger partial charge >= 0.3 is 5.97 Å². The topological polar surface area (TPSA) is 91.4 Å². The summed E-state index contributed by atoms with van der Waals surface area (Å²) >= 11 is 0. The highest BCUT2D eigenvalue weighted by Gasteiger charge is 2.48. The van der Waals surface area contributed by atoms with Crippen molar-refractivity contribution in [3.05, 3.63) is 28.8 Å². The lowest BCUT2D eigenvalue weighted by molar-refractivity contribution is -0.140. The number of fused-ring (bicyclic) bond motifs is 2. The minimum Gasteiger partial charge on any atom is -0.492 e. The van der Waals surface area contributed by atoms with Crippen LogP contribution >= 0.6 is 0 Å². The molecule has 8 heteroatoms. The first-order chi connectivity index (χ1) is 13.5. The zero-order valence-corrected chi connectivity index (χ0v) is 15.9. The summed E-state index contributed by atoms with van der Waals surface area (Å²) in [5, 5.41) is 0. The van der Waals surface area contributed by atoms with E-state index in [9.17, 15) is 14.4 Å². The molecule has 8 nitrogen and oxygen atoms in total. The average molecular weight is 387 g/mol. The number of methoxy groups -OCH3 is 3. The van der Waals surface area contributed by atoms with Gasteiger partial charge < -0.3 is 18.9 Å². The van der Waals surface area contributed by atoms with Crippen molar-refractivity contribution in [1.29, 1.82) is 0 Å². The molecule has 1 saturated heterocycles. The Morgan fingerprint density at radius 3 is 2.04 bits per heavy atom. The third-order valence-electron chi connectivity index (χ3n) is 5.64. The summed E-state index contributed by atoms with van der Waals surface area (Å²) in [6.07, 6.45) is 4.97. The number of carbonyl (C=O) groups excluding carboxylic acids is 3. The van der Waals surface area contributed by atoms with Gasteiger partial charge in [0, 0.05) is 5.56 Å². The molecule has 0 saturated carbocycles. The van der Waals surface area contributed by atoms with Crippen molar-refractivity contribution in [2.24, 2.45) is 11.8 Å². The van der Waals surface area contributed by atoms with Gasteiger partial charge in [-0.2, -0.15) is 0 Å². The molecular formula is C20H21NO7. The number of hydrogen-bond acceptors (Lipinski definition) is 7. The molecule has 0 spiro atoms. The van der Waals surface area contributed by atoms with E-state index >= 15 is 0 Å². The van der Waals surface area contributed by atoms with Gasteiger partial charge in [0.2, 0.25) is 17.6 Å². The quantitative estimate of drug-likeness (QED) is 0.432. The Kier molecular flexibility index (Phi) is 4.49. The fourth-order valence-corrected chi connectivity index (χ4v) is 4.33. The number of nitrogens with zero attached hydrogens (tertiary/aromatic N) is 1. The van der Waals surface area contributed by atoms with E-state index < -0.39 is 5.97 Å². The third-order valence-corrected chi connectivity index (χ3v) is 5.64. The zero-order chi connectivity index (χ0) is 20.0. The number of benzene rings is 1. The first-order valence-electron chi connectivity index (χ1n) is 9.04. The Labute approximate surface area is 162 Å². The highest BCUT2D eigenvalue weighted by molar-refractivity contribution is 6.06. The number of rotatable bonds is 5. The van der Waals surface area contributed by atoms with E-state index in [1.165, 1.54) is 26.2 Å². The van der Waals surface area contributed by atoms with E-state index in [1.54, 1.807) is 0 Å². The highest BCUT2D eigenvalue weighted by Crippen LogP contribution is 2.49. The van der Waals surface area contributed by atoms with Crippen LogP contribution in [0.4, 0.5) is 0 Å². The summed E-state index contributed by atoms with van der Waals surface area (Å²) in [4.78, 5) is 39.4. The van der Waals surface area contributed by atoms with Crippen molar-refractivity contribution in [2.45, 2.75) is 26.0 Å². The first-order valence-corrected chi connectivity index (χ1v) is 9.04. The Balaban J connectivity index is 1.82. The van der Waals surface area contributed by atoms with E-state index in [1.807, 2.05) is 12.2 Å². The van der Waals surface area contributed by atoms with Crippen molar-refractivity contribution >= 4 is 17.8 Å². The van der Waals surface area contributed by atoms with Crippen LogP contribution in [0.25, 0.3) is 0 Å². The number of allylic oxidation sites excluding steroid dienone is 2. The third kappa shape index (κ3) is 2.47. The second-order valence-electron chi connectivity index (χ2n) is 6.93. The fraction of sp³-hybridized carbons (Fsp3) is 0.450. The van der Waals surface area contributed by atoms with Crippen molar-refractivity contribution in [3.8, 4) is 17.2 Å². The number of esters is 1. The molecule has 2 amide bonds. The summed E-state index contributed by atoms with van der Waals surface area (Å²) in [6.45, 7) is -0.0482. The molecule has 2 atom stereocenters. The minimum atomic E-state index is -0.539. The molecular weight excluding hydrogens is 366 g/mol. The second kappa shape index (κ2) is 6.85. The van der Waals surface area contributed by atoms with E-state index in [-0.39, 0.29) is 48.1 Å². The fourth-order valence-electron chi connectivity index (χ4n) is 4.33. The largest absolute Gasteiger partial charge is 0.492 e. The Morgan fingerprint density at radius 2 is 1.50 bits per heavy atom. The van der Waals surface area contributed by atoms with Crippen LogP contribution in [-0.2, 0) is 27.5 Å². The maximum absolute atomic E-state index is 12.9. The van der Waals surface area contributed by atoms with Crippen LogP contribution < -0.4 is 14.2 Å². The molecule has 1 fully saturated rings. The van der Waals surface area contributed by atoms with Crippen LogP contribution in [-0.4, -0.2) is 44.0 Å². The van der Waals surface area contributed by atoms with Gasteiger partial charge in [-0.3, -0.25) is 14.5 Å². The summed E-state index contributed by atoms with van der Waals surface area (Å²) in [5.74, 6) is -0.774. The van der Waals surface area contributed by atoms with Crippen LogP contribution in [0.2, 0.25) is 0 Å². The van der Waals surface area contributed by atoms with Crippen LogP contribution in [0.3, 0.4) is 0 Å². The van der Waals surface area contributed by atoms with Crippen LogP contribution in [0.1, 0.15) is 34.3 Å². The molecule has 1 aromatic rings. The summed E-state index contributed by atoms with van der Waals surface area (Å²) in [5.41, 5.74) is 1.19. The van der Waals surface area contributed by atoms with Gasteiger partial charge in [-0.15, -0.1) is 0 Å². The Bertz CT molecular complexity index is 879. The molecule has 28 heavy (non-hydrogen) atoms. The summed E-state index contributed by atoms with van der Waals surface area (Å²) in [6, 6.07) is 0. The van der Waals surface area contributed by atoms with E-state index in [0.717, 1.165) is 0 Å². The van der Waals surface area contributed by atoms with Gasteiger partial charge in [0.15, 0.2) is 11.5 Å². The molecule has 0 N–H and O–H groups in total. The number of hydrogen-bond donors (Lipinski definition) is 0. The van der Waals surface area contributed by atoms with E-state index in [2.05, 4.69) is 0 Å². The Morgan fingerprint density at radius 1 is 0.929 bits per heavy atom. The molecule has 1 aliphatic carbocycles. The number of imide groups is 1. The number of cyclic esters (lactones) is 1. The minimum absolute atomic E-state index is 0.0295. The average Bonchev–Trinajstić information content (AvgIpc) is 3.21. The second-order valence-corrected chi connectivity index (χ2v) is 6.93. The number of likely N-dealkylation sites (tertiary alicyclic amines) is 1. The van der Waals surface area contributed by atoms with Crippen LogP contribution in [0.15, 0.2) is 12.2 Å². The number of ether oxygens (including phenoxy) is 4. The monoisotopic (exact) mass is 387 g/mol. The molecule has 0 bridgehead atoms. The molecule has 2 heterocycles. The van der Waals surface area contributed by atoms with Crippen LogP contribution in [0, 0.1) is 11.8 Å². The lowest BCUT2D eigenvalue weighted by Gasteiger charge is -2.22. The lowest BCUT2D eigenvalue weighted by atomic mass is 9.85. The summed E-state index contributed by atoms with van der Waals surface area (Å²) in [7, 11) is 4.36. The van der Waals surface area contributed by atoms with E-state index in [0.29, 0.717) is 35.5 Å². The van der Waals surface area contributed by atoms with Gasteiger partial charge in [0.1, 0.15) is 6.61 Å². The molecule has 0 unspecified atom stereocenters. The zero-order valence-electron chi connectivity index (χ0n) is 15.9. The molecule has 3 aliphatic rings. The van der Waals surface area contributed by atoms with Crippen LogP contribution in [0.5, 0.6) is 17.2 Å². The molecule has 0 radical (unpaired) electrons. The van der Waals surface area contributed by atoms with Gasteiger partial charge in [-0.1, -0.05) is 12.2 Å². The standard InChI is InChI=1S/C20H21NO7/c1-25-15-12(8-21-18(22)10-6-4-5-7-11(10)19(21)23)14-13(9-28-20(14)24)16(26-2)17(15)27-3/h4-5,10-11H,6-9H2,1-3H3/t10-,11-/m1/s1. The Hall–Kier alpha value is -3.03. The van der Waals surface area contributed by atoms with Crippen molar-refractivity contribution < 1.29 is 33.3 Å². The summed E-state index contributed by atoms with van der Waals surface area (Å²) < 4.78 is 21.6. The predicted octanol–water partition coefficient (Wildman–Crippen LogP) is 1.83. The maximum atomic E-state index is 12.9. The smallest absolute Gasteiger partial charge is 0.339 e. The van der Waals surface area contributed by atoms with Crippen molar-refractivity contribution in [2.75, 3.05) is 21.3 Å². The highest BCUT2D eigenvalue weighted by atomic mass is 16.5. The number of carbonyl (C=O) groups is 3. The SMILES string of the molecule is COc1c2c(c(CN3C(=O)[C@@H]4CC=CC[C@H]4C3=O)c(OC)c1OC)C(=O)OC2. The molecule has 4 rings (SSSR count). The van der Waals surface area contributed by atoms with Crippen molar-refractivity contribution in [1.82, 2.24) is 4.90 Å². The first kappa shape index (κ1) is 18.3. The molecule has 2 aliphatic heterocycles. The van der Waals surface area contributed by atoms with Crippen molar-refractivity contribution in [3.63, 3.8) is 0 Å². The normalized spacial score (nSPS) is 22.8. The maximum Gasteiger partial charge on any atom is 0.339 e. The van der Waals surface area contributed by atoms with Gasteiger partial charge in [0.05, 0.1) is 50.8 Å². The number of amides is 2. The van der Waals surface area contributed by atoms with Gasteiger partial charge in [-0.05, 0) is 12.8 Å². The molecule has 0 aromatic heterocycles. The molecule has 148 valence electrons. The predicted molar refractivity (Wildman–Crippen MR) is 96.1 cm³/mol.